The number of carbonyl (C=O) groups is 1. The highest BCUT2D eigenvalue weighted by atomic mass is 32.1. The highest BCUT2D eigenvalue weighted by molar-refractivity contribution is 7.15. The molecule has 5 nitrogen and oxygen atoms in total. The third-order valence-electron chi connectivity index (χ3n) is 2.71. The maximum Gasteiger partial charge on any atom is 0.255 e. The molecule has 6 heteroatoms. The average Bonchev–Trinajstić information content (AvgIpc) is 2.93. The first-order valence-electron chi connectivity index (χ1n) is 6.47. The fraction of sp³-hybridized carbons (Fsp3) is 0.357. The molecule has 0 aliphatic heterocycles. The average molecular weight is 291 g/mol. The van der Waals surface area contributed by atoms with Crippen LogP contribution in [0.25, 0.3) is 0 Å². The fourth-order valence-corrected chi connectivity index (χ4v) is 2.21. The number of ether oxygens (including phenoxy) is 1. The van der Waals surface area contributed by atoms with Crippen LogP contribution in [0.4, 0.5) is 5.13 Å². The first-order chi connectivity index (χ1) is 9.69. The topological polar surface area (TPSA) is 64.1 Å². The molecule has 1 unspecified atom stereocenters. The molecule has 0 saturated carbocycles. The van der Waals surface area contributed by atoms with E-state index in [1.165, 1.54) is 11.3 Å². The van der Waals surface area contributed by atoms with Gasteiger partial charge in [0.05, 0.1) is 6.61 Å². The van der Waals surface area contributed by atoms with Gasteiger partial charge in [-0.1, -0.05) is 48.6 Å². The highest BCUT2D eigenvalue weighted by Crippen LogP contribution is 2.16. The quantitative estimate of drug-likeness (QED) is 0.888. The summed E-state index contributed by atoms with van der Waals surface area (Å²) >= 11 is 1.38. The number of amides is 1. The van der Waals surface area contributed by atoms with Crippen molar-refractivity contribution in [3.63, 3.8) is 0 Å². The van der Waals surface area contributed by atoms with Gasteiger partial charge < -0.3 is 4.74 Å². The van der Waals surface area contributed by atoms with Crippen LogP contribution in [0, 0.1) is 0 Å². The molecule has 0 bridgehead atoms. The predicted octanol–water partition coefficient (Wildman–Crippen LogP) is 2.64. The van der Waals surface area contributed by atoms with E-state index in [9.17, 15) is 4.79 Å². The second-order valence-corrected chi connectivity index (χ2v) is 5.34. The molecule has 0 radical (unpaired) electrons. The van der Waals surface area contributed by atoms with Crippen LogP contribution in [0.15, 0.2) is 30.3 Å². The summed E-state index contributed by atoms with van der Waals surface area (Å²) in [7, 11) is 0. The van der Waals surface area contributed by atoms with Gasteiger partial charge in [0, 0.05) is 0 Å². The van der Waals surface area contributed by atoms with Crippen molar-refractivity contribution in [1.82, 2.24) is 10.2 Å². The molecule has 1 heterocycles. The van der Waals surface area contributed by atoms with E-state index < -0.39 is 6.10 Å². The first-order valence-corrected chi connectivity index (χ1v) is 7.29. The molecule has 0 fully saturated rings. The molecule has 106 valence electrons. The molecule has 20 heavy (non-hydrogen) atoms. The van der Waals surface area contributed by atoms with Gasteiger partial charge in [-0.05, 0) is 18.9 Å². The van der Waals surface area contributed by atoms with Crippen LogP contribution in [0.3, 0.4) is 0 Å². The van der Waals surface area contributed by atoms with Crippen molar-refractivity contribution in [2.75, 3.05) is 5.32 Å². The summed E-state index contributed by atoms with van der Waals surface area (Å²) in [5, 5.41) is 12.0. The minimum absolute atomic E-state index is 0.209. The molecule has 1 aromatic heterocycles. The number of benzene rings is 1. The van der Waals surface area contributed by atoms with Gasteiger partial charge in [0.15, 0.2) is 0 Å². The molecule has 0 spiro atoms. The van der Waals surface area contributed by atoms with Crippen LogP contribution in [-0.4, -0.2) is 22.2 Å². The maximum absolute atomic E-state index is 11.9. The number of hydrogen-bond donors (Lipinski definition) is 1. The zero-order valence-corrected chi connectivity index (χ0v) is 12.3. The molecule has 1 atom stereocenters. The Morgan fingerprint density at radius 2 is 2.10 bits per heavy atom. The predicted molar refractivity (Wildman–Crippen MR) is 78.6 cm³/mol. The van der Waals surface area contributed by atoms with Gasteiger partial charge in [0.25, 0.3) is 5.91 Å². The lowest BCUT2D eigenvalue weighted by Gasteiger charge is -2.11. The second-order valence-electron chi connectivity index (χ2n) is 4.28. The number of rotatable bonds is 6. The van der Waals surface area contributed by atoms with E-state index in [-0.39, 0.29) is 5.91 Å². The van der Waals surface area contributed by atoms with Crippen LogP contribution in [-0.2, 0) is 22.6 Å². The minimum Gasteiger partial charge on any atom is -0.364 e. The van der Waals surface area contributed by atoms with E-state index >= 15 is 0 Å². The zero-order chi connectivity index (χ0) is 14.4. The third-order valence-corrected chi connectivity index (χ3v) is 3.69. The van der Waals surface area contributed by atoms with Gasteiger partial charge in [-0.25, -0.2) is 0 Å². The first kappa shape index (κ1) is 14.6. The molecule has 2 rings (SSSR count). The number of carbonyl (C=O) groups excluding carboxylic acids is 1. The van der Waals surface area contributed by atoms with Gasteiger partial charge >= 0.3 is 0 Å². The van der Waals surface area contributed by atoms with Crippen molar-refractivity contribution in [3.05, 3.63) is 40.9 Å². The number of nitrogens with one attached hydrogen (secondary N) is 1. The summed E-state index contributed by atoms with van der Waals surface area (Å²) in [6.45, 7) is 4.13. The highest BCUT2D eigenvalue weighted by Gasteiger charge is 2.15. The van der Waals surface area contributed by atoms with E-state index in [1.54, 1.807) is 6.92 Å². The number of aromatic nitrogens is 2. The summed E-state index contributed by atoms with van der Waals surface area (Å²) in [5.41, 5.74) is 1.04. The Morgan fingerprint density at radius 1 is 1.35 bits per heavy atom. The summed E-state index contributed by atoms with van der Waals surface area (Å²) in [5.74, 6) is -0.209. The fourth-order valence-electron chi connectivity index (χ4n) is 1.53. The SMILES string of the molecule is CCc1nnc(NC(=O)C(C)OCc2ccccc2)s1. The van der Waals surface area contributed by atoms with Gasteiger partial charge in [-0.2, -0.15) is 0 Å². The number of aryl methyl sites for hydroxylation is 1. The van der Waals surface area contributed by atoms with E-state index in [2.05, 4.69) is 15.5 Å². The lowest BCUT2D eigenvalue weighted by molar-refractivity contribution is -0.127. The van der Waals surface area contributed by atoms with Crippen LogP contribution in [0.2, 0.25) is 0 Å². The standard InChI is InChI=1S/C14H17N3O2S/c1-3-12-16-17-14(20-12)15-13(18)10(2)19-9-11-7-5-4-6-8-11/h4-8,10H,3,9H2,1-2H3,(H,15,17,18). The van der Waals surface area contributed by atoms with Crippen molar-refractivity contribution < 1.29 is 9.53 Å². The Labute approximate surface area is 122 Å². The van der Waals surface area contributed by atoms with Crippen molar-refractivity contribution in [3.8, 4) is 0 Å². The summed E-state index contributed by atoms with van der Waals surface area (Å²) in [6.07, 6.45) is 0.275. The minimum atomic E-state index is -0.538. The number of anilines is 1. The normalized spacial score (nSPS) is 12.1. The molecular weight excluding hydrogens is 274 g/mol. The Bertz CT molecular complexity index is 557. The molecule has 1 amide bonds. The number of hydrogen-bond acceptors (Lipinski definition) is 5. The molecule has 0 aliphatic carbocycles. The Morgan fingerprint density at radius 3 is 2.75 bits per heavy atom. The molecule has 0 saturated heterocycles. The molecule has 2 aromatic rings. The van der Waals surface area contributed by atoms with E-state index in [0.29, 0.717) is 11.7 Å². The molecule has 1 N–H and O–H groups in total. The van der Waals surface area contributed by atoms with Crippen molar-refractivity contribution in [2.24, 2.45) is 0 Å². The van der Waals surface area contributed by atoms with Crippen LogP contribution < -0.4 is 5.32 Å². The molecular formula is C14H17N3O2S. The maximum atomic E-state index is 11.9. The summed E-state index contributed by atoms with van der Waals surface area (Å²) in [6, 6.07) is 9.75. The monoisotopic (exact) mass is 291 g/mol. The second kappa shape index (κ2) is 7.12. The lowest BCUT2D eigenvalue weighted by atomic mass is 10.2. The van der Waals surface area contributed by atoms with Crippen LogP contribution in [0.5, 0.6) is 0 Å². The van der Waals surface area contributed by atoms with Gasteiger partial charge in [0.2, 0.25) is 5.13 Å². The zero-order valence-electron chi connectivity index (χ0n) is 11.5. The number of nitrogens with zero attached hydrogens (tertiary/aromatic N) is 2. The lowest BCUT2D eigenvalue weighted by Crippen LogP contribution is -2.27. The van der Waals surface area contributed by atoms with Gasteiger partial charge in [-0.15, -0.1) is 10.2 Å². The van der Waals surface area contributed by atoms with E-state index in [1.807, 2.05) is 37.3 Å². The van der Waals surface area contributed by atoms with Crippen LogP contribution in [0.1, 0.15) is 24.4 Å². The third kappa shape index (κ3) is 4.11. The van der Waals surface area contributed by atoms with Crippen molar-refractivity contribution in [2.45, 2.75) is 33.0 Å². The largest absolute Gasteiger partial charge is 0.364 e. The Balaban J connectivity index is 1.82. The van der Waals surface area contributed by atoms with Crippen molar-refractivity contribution in [1.29, 1.82) is 0 Å². The Kier molecular flexibility index (Phi) is 5.20. The van der Waals surface area contributed by atoms with Gasteiger partial charge in [0.1, 0.15) is 11.1 Å². The smallest absolute Gasteiger partial charge is 0.255 e. The summed E-state index contributed by atoms with van der Waals surface area (Å²) in [4.78, 5) is 11.9. The van der Waals surface area contributed by atoms with Crippen LogP contribution >= 0.6 is 11.3 Å². The van der Waals surface area contributed by atoms with Gasteiger partial charge in [-0.3, -0.25) is 10.1 Å². The summed E-state index contributed by atoms with van der Waals surface area (Å²) < 4.78 is 5.54. The van der Waals surface area contributed by atoms with E-state index in [4.69, 9.17) is 4.74 Å². The Hall–Kier alpha value is -1.79. The molecule has 0 aliphatic rings. The molecule has 1 aromatic carbocycles. The van der Waals surface area contributed by atoms with Crippen molar-refractivity contribution >= 4 is 22.4 Å². The van der Waals surface area contributed by atoms with E-state index in [0.717, 1.165) is 17.0 Å².